The van der Waals surface area contributed by atoms with Gasteiger partial charge in [-0.1, -0.05) is 13.3 Å². The standard InChI is InChI=1S/C27H25N9O/c1-3-4-5-24(37)31-18-10-17(12-28-13-18)20-6-7-21-25(32-20)26(35-34-21)22-11-19-23(8-9-29-27(19)33-22)36-14-16(2)30-15-36/h6-15H,3-5H2,1-2H3,(H,29,33)(H,31,37)(H,34,35). The van der Waals surface area contributed by atoms with E-state index in [0.717, 1.165) is 63.2 Å². The molecule has 0 aromatic carbocycles. The van der Waals surface area contributed by atoms with Gasteiger partial charge in [0.15, 0.2) is 0 Å². The second-order valence-corrected chi connectivity index (χ2v) is 8.98. The van der Waals surface area contributed by atoms with Crippen LogP contribution in [0.4, 0.5) is 5.69 Å². The summed E-state index contributed by atoms with van der Waals surface area (Å²) in [5, 5.41) is 11.5. The molecule has 184 valence electrons. The zero-order valence-electron chi connectivity index (χ0n) is 20.5. The van der Waals surface area contributed by atoms with Gasteiger partial charge in [-0.05, 0) is 43.7 Å². The lowest BCUT2D eigenvalue weighted by molar-refractivity contribution is -0.116. The second-order valence-electron chi connectivity index (χ2n) is 8.98. The van der Waals surface area contributed by atoms with Crippen LogP contribution in [0.1, 0.15) is 31.9 Å². The summed E-state index contributed by atoms with van der Waals surface area (Å²) in [7, 11) is 0. The van der Waals surface area contributed by atoms with E-state index in [4.69, 9.17) is 4.98 Å². The summed E-state index contributed by atoms with van der Waals surface area (Å²) in [6.07, 6.45) is 11.2. The van der Waals surface area contributed by atoms with Crippen LogP contribution in [0.25, 0.3) is 50.4 Å². The first-order valence-corrected chi connectivity index (χ1v) is 12.2. The molecule has 0 aliphatic carbocycles. The highest BCUT2D eigenvalue weighted by molar-refractivity contribution is 5.96. The lowest BCUT2D eigenvalue weighted by atomic mass is 10.1. The number of hydrogen-bond acceptors (Lipinski definition) is 6. The number of fused-ring (bicyclic) bond motifs is 2. The Hall–Kier alpha value is -4.86. The van der Waals surface area contributed by atoms with Gasteiger partial charge >= 0.3 is 0 Å². The van der Waals surface area contributed by atoms with E-state index in [1.54, 1.807) is 24.9 Å². The van der Waals surface area contributed by atoms with Gasteiger partial charge in [0, 0.05) is 36.0 Å². The van der Waals surface area contributed by atoms with Crippen molar-refractivity contribution in [2.24, 2.45) is 0 Å². The molecule has 0 aliphatic rings. The molecule has 0 radical (unpaired) electrons. The zero-order chi connectivity index (χ0) is 25.4. The highest BCUT2D eigenvalue weighted by Crippen LogP contribution is 2.31. The minimum atomic E-state index is -0.0148. The van der Waals surface area contributed by atoms with Crippen molar-refractivity contribution in [1.29, 1.82) is 0 Å². The largest absolute Gasteiger partial charge is 0.338 e. The Morgan fingerprint density at radius 3 is 2.89 bits per heavy atom. The number of anilines is 1. The van der Waals surface area contributed by atoms with Gasteiger partial charge in [-0.25, -0.2) is 15.0 Å². The lowest BCUT2D eigenvalue weighted by Gasteiger charge is -2.07. The number of pyridine rings is 3. The number of carbonyl (C=O) groups is 1. The van der Waals surface area contributed by atoms with Gasteiger partial charge < -0.3 is 14.9 Å². The van der Waals surface area contributed by atoms with E-state index in [1.165, 1.54) is 0 Å². The number of hydrogen-bond donors (Lipinski definition) is 3. The number of aromatic amines is 2. The Morgan fingerprint density at radius 1 is 1.14 bits per heavy atom. The number of aromatic nitrogens is 8. The quantitative estimate of drug-likeness (QED) is 0.282. The topological polar surface area (TPSA) is 130 Å². The predicted octanol–water partition coefficient (Wildman–Crippen LogP) is 5.19. The van der Waals surface area contributed by atoms with Crippen LogP contribution in [0.3, 0.4) is 0 Å². The molecule has 3 N–H and O–H groups in total. The Balaban J connectivity index is 1.37. The van der Waals surface area contributed by atoms with Gasteiger partial charge in [0.2, 0.25) is 5.91 Å². The molecule has 6 aromatic heterocycles. The summed E-state index contributed by atoms with van der Waals surface area (Å²) < 4.78 is 1.98. The number of unbranched alkanes of at least 4 members (excludes halogenated alkanes) is 1. The van der Waals surface area contributed by atoms with Crippen LogP contribution in [0.2, 0.25) is 0 Å². The number of aryl methyl sites for hydroxylation is 1. The van der Waals surface area contributed by atoms with Crippen LogP contribution in [0, 0.1) is 6.92 Å². The van der Waals surface area contributed by atoms with E-state index in [-0.39, 0.29) is 5.91 Å². The fraction of sp³-hybridized carbons (Fsp3) is 0.185. The summed E-state index contributed by atoms with van der Waals surface area (Å²) in [6.45, 7) is 4.02. The van der Waals surface area contributed by atoms with Gasteiger partial charge in [-0.15, -0.1) is 0 Å². The summed E-state index contributed by atoms with van der Waals surface area (Å²) in [6, 6.07) is 9.74. The first-order valence-electron chi connectivity index (χ1n) is 12.2. The average Bonchev–Trinajstić information content (AvgIpc) is 3.64. The lowest BCUT2D eigenvalue weighted by Crippen LogP contribution is -2.11. The maximum absolute atomic E-state index is 12.2. The molecule has 0 unspecified atom stereocenters. The summed E-state index contributed by atoms with van der Waals surface area (Å²) in [5.41, 5.74) is 7.89. The first-order chi connectivity index (χ1) is 18.1. The Morgan fingerprint density at radius 2 is 2.05 bits per heavy atom. The number of nitrogens with zero attached hydrogens (tertiary/aromatic N) is 6. The molecule has 0 bridgehead atoms. The Kier molecular flexibility index (Phi) is 5.68. The van der Waals surface area contributed by atoms with Crippen molar-refractivity contribution >= 4 is 33.7 Å². The van der Waals surface area contributed by atoms with Gasteiger partial charge in [-0.2, -0.15) is 5.10 Å². The van der Waals surface area contributed by atoms with Crippen LogP contribution in [0.15, 0.2) is 61.4 Å². The molecule has 37 heavy (non-hydrogen) atoms. The molecule has 6 heterocycles. The zero-order valence-corrected chi connectivity index (χ0v) is 20.5. The molecular formula is C27H25N9O. The van der Waals surface area contributed by atoms with E-state index >= 15 is 0 Å². The van der Waals surface area contributed by atoms with Gasteiger partial charge in [0.1, 0.15) is 16.9 Å². The molecule has 0 saturated carbocycles. The molecular weight excluding hydrogens is 466 g/mol. The monoisotopic (exact) mass is 491 g/mol. The van der Waals surface area contributed by atoms with Crippen LogP contribution in [-0.4, -0.2) is 45.6 Å². The van der Waals surface area contributed by atoms with Crippen molar-refractivity contribution in [3.8, 4) is 28.3 Å². The molecule has 1 amide bonds. The predicted molar refractivity (Wildman–Crippen MR) is 142 cm³/mol. The van der Waals surface area contributed by atoms with Crippen molar-refractivity contribution in [2.75, 3.05) is 5.32 Å². The molecule has 6 aromatic rings. The van der Waals surface area contributed by atoms with Gasteiger partial charge in [-0.3, -0.25) is 14.9 Å². The van der Waals surface area contributed by atoms with Crippen molar-refractivity contribution in [2.45, 2.75) is 33.1 Å². The van der Waals surface area contributed by atoms with E-state index in [0.29, 0.717) is 17.8 Å². The first kappa shape index (κ1) is 22.6. The van der Waals surface area contributed by atoms with Crippen molar-refractivity contribution < 1.29 is 4.79 Å². The van der Waals surface area contributed by atoms with Crippen molar-refractivity contribution in [3.05, 3.63) is 67.1 Å². The molecule has 10 nitrogen and oxygen atoms in total. The number of imidazole rings is 1. The molecule has 0 saturated heterocycles. The highest BCUT2D eigenvalue weighted by Gasteiger charge is 2.16. The smallest absolute Gasteiger partial charge is 0.224 e. The summed E-state index contributed by atoms with van der Waals surface area (Å²) in [5.74, 6) is -0.0148. The summed E-state index contributed by atoms with van der Waals surface area (Å²) in [4.78, 5) is 33.6. The minimum absolute atomic E-state index is 0.0148. The molecule has 0 spiro atoms. The Bertz CT molecular complexity index is 1740. The number of amides is 1. The third-order valence-electron chi connectivity index (χ3n) is 6.24. The summed E-state index contributed by atoms with van der Waals surface area (Å²) >= 11 is 0. The Labute approximate surface area is 212 Å². The molecule has 10 heteroatoms. The van der Waals surface area contributed by atoms with E-state index in [1.807, 2.05) is 48.0 Å². The van der Waals surface area contributed by atoms with Crippen molar-refractivity contribution in [1.82, 2.24) is 39.7 Å². The van der Waals surface area contributed by atoms with Gasteiger partial charge in [0.25, 0.3) is 0 Å². The van der Waals surface area contributed by atoms with Crippen LogP contribution in [0.5, 0.6) is 0 Å². The normalized spacial score (nSPS) is 11.4. The average molecular weight is 492 g/mol. The van der Waals surface area contributed by atoms with E-state index in [2.05, 4.69) is 42.4 Å². The molecule has 0 aliphatic heterocycles. The van der Waals surface area contributed by atoms with E-state index in [9.17, 15) is 4.79 Å². The second kappa shape index (κ2) is 9.30. The number of rotatable bonds is 7. The highest BCUT2D eigenvalue weighted by atomic mass is 16.1. The van der Waals surface area contributed by atoms with Crippen LogP contribution < -0.4 is 5.32 Å². The van der Waals surface area contributed by atoms with Crippen LogP contribution in [-0.2, 0) is 4.79 Å². The maximum Gasteiger partial charge on any atom is 0.224 e. The van der Waals surface area contributed by atoms with E-state index < -0.39 is 0 Å². The minimum Gasteiger partial charge on any atom is -0.338 e. The number of carbonyl (C=O) groups excluding carboxylic acids is 1. The fourth-order valence-electron chi connectivity index (χ4n) is 4.38. The fourth-order valence-corrected chi connectivity index (χ4v) is 4.38. The van der Waals surface area contributed by atoms with Crippen LogP contribution >= 0.6 is 0 Å². The molecule has 0 fully saturated rings. The molecule has 0 atom stereocenters. The number of nitrogens with one attached hydrogen (secondary N) is 3. The SMILES string of the molecule is CCCCC(=O)Nc1cncc(-c2ccc3[nH]nc(-c4cc5c(-n6cnc(C)c6)ccnc5[nH]4)c3n2)c1. The maximum atomic E-state index is 12.2. The number of H-pyrrole nitrogens is 2. The third-order valence-corrected chi connectivity index (χ3v) is 6.24. The van der Waals surface area contributed by atoms with Gasteiger partial charge in [0.05, 0.1) is 46.5 Å². The van der Waals surface area contributed by atoms with Crippen molar-refractivity contribution in [3.63, 3.8) is 0 Å². The molecule has 6 rings (SSSR count). The third kappa shape index (κ3) is 4.33.